The van der Waals surface area contributed by atoms with Crippen LogP contribution in [0, 0.1) is 5.92 Å². The molecule has 1 heterocycles. The second kappa shape index (κ2) is 8.08. The van der Waals surface area contributed by atoms with Crippen molar-refractivity contribution in [3.05, 3.63) is 29.8 Å². The lowest BCUT2D eigenvalue weighted by Gasteiger charge is -2.12. The van der Waals surface area contributed by atoms with Crippen LogP contribution < -0.4 is 10.6 Å². The molecule has 2 fully saturated rings. The van der Waals surface area contributed by atoms with E-state index in [0.717, 1.165) is 12.8 Å². The van der Waals surface area contributed by atoms with Gasteiger partial charge >= 0.3 is 5.97 Å². The van der Waals surface area contributed by atoms with Gasteiger partial charge in [-0.05, 0) is 37.3 Å². The van der Waals surface area contributed by atoms with E-state index in [0.29, 0.717) is 17.7 Å². The Morgan fingerprint density at radius 3 is 2.52 bits per heavy atom. The van der Waals surface area contributed by atoms with Crippen molar-refractivity contribution in [2.45, 2.75) is 31.7 Å². The van der Waals surface area contributed by atoms with Gasteiger partial charge in [-0.1, -0.05) is 12.1 Å². The molecule has 27 heavy (non-hydrogen) atoms. The molecule has 8 nitrogen and oxygen atoms in total. The Labute approximate surface area is 157 Å². The predicted octanol–water partition coefficient (Wildman–Crippen LogP) is 0.885. The fourth-order valence-electron chi connectivity index (χ4n) is 2.94. The van der Waals surface area contributed by atoms with Crippen LogP contribution >= 0.6 is 0 Å². The number of nitrogens with one attached hydrogen (secondary N) is 2. The van der Waals surface area contributed by atoms with Gasteiger partial charge in [0.05, 0.1) is 22.8 Å². The molecular weight excluding hydrogens is 372 g/mol. The summed E-state index contributed by atoms with van der Waals surface area (Å²) >= 11 is 0. The largest absolute Gasteiger partial charge is 0.456 e. The maximum atomic E-state index is 12.2. The molecule has 146 valence electrons. The van der Waals surface area contributed by atoms with E-state index in [1.807, 2.05) is 0 Å². The number of benzene rings is 1. The summed E-state index contributed by atoms with van der Waals surface area (Å²) in [5, 5.41) is 5.43. The van der Waals surface area contributed by atoms with E-state index in [1.54, 1.807) is 24.3 Å². The number of amides is 2. The van der Waals surface area contributed by atoms with E-state index in [1.165, 1.54) is 0 Å². The number of hydrogen-bond acceptors (Lipinski definition) is 6. The van der Waals surface area contributed by atoms with Crippen molar-refractivity contribution in [3.8, 4) is 0 Å². The first-order chi connectivity index (χ1) is 12.8. The van der Waals surface area contributed by atoms with E-state index in [4.69, 9.17) is 4.74 Å². The maximum absolute atomic E-state index is 12.2. The highest BCUT2D eigenvalue weighted by Gasteiger charge is 2.30. The van der Waals surface area contributed by atoms with Crippen LogP contribution in [0.25, 0.3) is 0 Å². The molecule has 0 radical (unpaired) electrons. The molecular formula is C18H22N2O6S. The summed E-state index contributed by atoms with van der Waals surface area (Å²) in [6.07, 6.45) is 2.33. The van der Waals surface area contributed by atoms with Crippen molar-refractivity contribution in [1.82, 2.24) is 5.32 Å². The van der Waals surface area contributed by atoms with Crippen LogP contribution in [-0.2, 0) is 24.2 Å². The summed E-state index contributed by atoms with van der Waals surface area (Å²) < 4.78 is 27.7. The first-order valence-electron chi connectivity index (χ1n) is 8.88. The van der Waals surface area contributed by atoms with Gasteiger partial charge in [-0.15, -0.1) is 0 Å². The number of hydrogen-bond donors (Lipinski definition) is 2. The van der Waals surface area contributed by atoms with Gasteiger partial charge in [-0.3, -0.25) is 14.4 Å². The Bertz CT molecular complexity index is 847. The van der Waals surface area contributed by atoms with E-state index < -0.39 is 28.3 Å². The third kappa shape index (κ3) is 5.78. The van der Waals surface area contributed by atoms with Crippen LogP contribution in [0.4, 0.5) is 5.69 Å². The van der Waals surface area contributed by atoms with Crippen molar-refractivity contribution in [3.63, 3.8) is 0 Å². The topological polar surface area (TPSA) is 119 Å². The number of carbonyl (C=O) groups excluding carboxylic acids is 3. The average Bonchev–Trinajstić information content (AvgIpc) is 3.35. The minimum Gasteiger partial charge on any atom is -0.456 e. The molecule has 1 aliphatic heterocycles. The predicted molar refractivity (Wildman–Crippen MR) is 97.9 cm³/mol. The zero-order valence-electron chi connectivity index (χ0n) is 14.8. The van der Waals surface area contributed by atoms with Gasteiger partial charge in [0.2, 0.25) is 0 Å². The van der Waals surface area contributed by atoms with Crippen LogP contribution in [0.2, 0.25) is 0 Å². The Morgan fingerprint density at radius 1 is 1.11 bits per heavy atom. The highest BCUT2D eigenvalue weighted by Crippen LogP contribution is 2.23. The SMILES string of the molecule is O=C(COC(=O)C[C@H]1CCS(=O)(=O)C1)Nc1ccccc1C(=O)NC1CC1. The van der Waals surface area contributed by atoms with E-state index in [9.17, 15) is 22.8 Å². The van der Waals surface area contributed by atoms with Gasteiger partial charge in [0.1, 0.15) is 0 Å². The first-order valence-corrected chi connectivity index (χ1v) is 10.7. The molecule has 1 saturated carbocycles. The van der Waals surface area contributed by atoms with Crippen LogP contribution in [0.5, 0.6) is 0 Å². The Morgan fingerprint density at radius 2 is 1.85 bits per heavy atom. The van der Waals surface area contributed by atoms with Crippen molar-refractivity contribution < 1.29 is 27.5 Å². The Balaban J connectivity index is 1.48. The summed E-state index contributed by atoms with van der Waals surface area (Å²) in [4.78, 5) is 36.1. The van der Waals surface area contributed by atoms with Gasteiger partial charge in [-0.25, -0.2) is 8.42 Å². The zero-order chi connectivity index (χ0) is 19.4. The molecule has 0 spiro atoms. The minimum absolute atomic E-state index is 0.0161. The second-order valence-corrected chi connectivity index (χ2v) is 9.20. The number of carbonyl (C=O) groups is 3. The molecule has 3 rings (SSSR count). The standard InChI is InChI=1S/C18H22N2O6S/c21-16(10-26-17(22)9-12-7-8-27(24,25)11-12)20-15-4-2-1-3-14(15)18(23)19-13-5-6-13/h1-4,12-13H,5-11H2,(H,19,23)(H,20,21)/t12-/m1/s1. The number of para-hydroxylation sites is 1. The second-order valence-electron chi connectivity index (χ2n) is 6.98. The highest BCUT2D eigenvalue weighted by atomic mass is 32.2. The van der Waals surface area contributed by atoms with Gasteiger partial charge in [0, 0.05) is 12.5 Å². The summed E-state index contributed by atoms with van der Waals surface area (Å²) in [6.45, 7) is -0.489. The van der Waals surface area contributed by atoms with Gasteiger partial charge in [0.15, 0.2) is 16.4 Å². The third-order valence-corrected chi connectivity index (χ3v) is 6.34. The molecule has 0 aromatic heterocycles. The first kappa shape index (κ1) is 19.3. The monoisotopic (exact) mass is 394 g/mol. The summed E-state index contributed by atoms with van der Waals surface area (Å²) in [5.41, 5.74) is 0.693. The number of rotatable bonds is 7. The lowest BCUT2D eigenvalue weighted by Crippen LogP contribution is -2.28. The van der Waals surface area contributed by atoms with Gasteiger partial charge < -0.3 is 15.4 Å². The molecule has 1 aromatic rings. The molecule has 0 unspecified atom stereocenters. The molecule has 1 aliphatic carbocycles. The lowest BCUT2D eigenvalue weighted by molar-refractivity contribution is -0.148. The maximum Gasteiger partial charge on any atom is 0.306 e. The van der Waals surface area contributed by atoms with Crippen molar-refractivity contribution in [1.29, 1.82) is 0 Å². The molecule has 1 saturated heterocycles. The fraction of sp³-hybridized carbons (Fsp3) is 0.500. The van der Waals surface area contributed by atoms with Crippen molar-refractivity contribution in [2.75, 3.05) is 23.4 Å². The average molecular weight is 394 g/mol. The molecule has 2 N–H and O–H groups in total. The lowest BCUT2D eigenvalue weighted by atomic mass is 10.1. The smallest absolute Gasteiger partial charge is 0.306 e. The quantitative estimate of drug-likeness (QED) is 0.663. The molecule has 2 aliphatic rings. The number of anilines is 1. The fourth-order valence-corrected chi connectivity index (χ4v) is 4.80. The summed E-state index contributed by atoms with van der Waals surface area (Å²) in [7, 11) is -3.06. The van der Waals surface area contributed by atoms with Gasteiger partial charge in [0.25, 0.3) is 11.8 Å². The van der Waals surface area contributed by atoms with E-state index in [-0.39, 0.29) is 35.8 Å². The minimum atomic E-state index is -3.06. The number of esters is 1. The Hall–Kier alpha value is -2.42. The summed E-state index contributed by atoms with van der Waals surface area (Å²) in [5.74, 6) is -1.60. The highest BCUT2D eigenvalue weighted by molar-refractivity contribution is 7.91. The zero-order valence-corrected chi connectivity index (χ0v) is 15.6. The molecule has 0 bridgehead atoms. The van der Waals surface area contributed by atoms with Crippen molar-refractivity contribution >= 4 is 33.3 Å². The van der Waals surface area contributed by atoms with Crippen LogP contribution in [0.15, 0.2) is 24.3 Å². The van der Waals surface area contributed by atoms with Crippen molar-refractivity contribution in [2.24, 2.45) is 5.92 Å². The molecule has 9 heteroatoms. The third-order valence-electron chi connectivity index (χ3n) is 4.50. The normalized spacial score (nSPS) is 20.7. The van der Waals surface area contributed by atoms with Crippen LogP contribution in [0.3, 0.4) is 0 Å². The summed E-state index contributed by atoms with van der Waals surface area (Å²) in [6, 6.07) is 6.80. The molecule has 1 aromatic carbocycles. The van der Waals surface area contributed by atoms with Crippen LogP contribution in [0.1, 0.15) is 36.0 Å². The Kier molecular flexibility index (Phi) is 5.79. The van der Waals surface area contributed by atoms with Gasteiger partial charge in [-0.2, -0.15) is 0 Å². The van der Waals surface area contributed by atoms with Crippen LogP contribution in [-0.4, -0.2) is 50.4 Å². The van der Waals surface area contributed by atoms with E-state index in [2.05, 4.69) is 10.6 Å². The number of ether oxygens (including phenoxy) is 1. The molecule has 2 amide bonds. The molecule has 1 atom stereocenters. The number of sulfone groups is 1. The van der Waals surface area contributed by atoms with E-state index >= 15 is 0 Å².